The van der Waals surface area contributed by atoms with Crippen LogP contribution in [0.2, 0.25) is 0 Å². The van der Waals surface area contributed by atoms with Gasteiger partial charge < -0.3 is 15.8 Å². The predicted octanol–water partition coefficient (Wildman–Crippen LogP) is 3.44. The quantitative estimate of drug-likeness (QED) is 0.585. The topological polar surface area (TPSA) is 64.3 Å². The Kier molecular flexibility index (Phi) is 6.19. The lowest BCUT2D eigenvalue weighted by Gasteiger charge is -2.19. The summed E-state index contributed by atoms with van der Waals surface area (Å²) in [7, 11) is 0. The second-order valence-electron chi connectivity index (χ2n) is 4.56. The Morgan fingerprint density at radius 3 is 2.68 bits per heavy atom. The molecule has 0 aliphatic rings. The van der Waals surface area contributed by atoms with E-state index in [1.54, 1.807) is 19.1 Å². The minimum atomic E-state index is -0.330. The van der Waals surface area contributed by atoms with Crippen LogP contribution in [0.15, 0.2) is 18.2 Å². The number of nitrogen functional groups attached to an aromatic ring is 1. The third-order valence-electron chi connectivity index (χ3n) is 3.03. The minimum Gasteiger partial charge on any atom is -0.462 e. The molecule has 19 heavy (non-hydrogen) atoms. The summed E-state index contributed by atoms with van der Waals surface area (Å²) in [5.41, 5.74) is 7.62. The number of ether oxygens (including phenoxy) is 1. The van der Waals surface area contributed by atoms with E-state index in [0.29, 0.717) is 23.9 Å². The van der Waals surface area contributed by atoms with Gasteiger partial charge in [-0.05, 0) is 38.0 Å². The van der Waals surface area contributed by atoms with Crippen molar-refractivity contribution in [2.75, 3.05) is 17.7 Å². The summed E-state index contributed by atoms with van der Waals surface area (Å²) < 4.78 is 5.06. The van der Waals surface area contributed by atoms with Gasteiger partial charge in [-0.2, -0.15) is 0 Å². The van der Waals surface area contributed by atoms with Gasteiger partial charge in [0.1, 0.15) is 0 Å². The van der Waals surface area contributed by atoms with Crippen molar-refractivity contribution in [1.29, 1.82) is 0 Å². The Morgan fingerprint density at radius 2 is 2.11 bits per heavy atom. The van der Waals surface area contributed by atoms with Crippen LogP contribution in [-0.4, -0.2) is 18.6 Å². The normalized spacial score (nSPS) is 11.9. The first-order chi connectivity index (χ1) is 9.12. The third-order valence-corrected chi connectivity index (χ3v) is 3.03. The highest BCUT2D eigenvalue weighted by Crippen LogP contribution is 2.22. The van der Waals surface area contributed by atoms with Crippen LogP contribution in [0.3, 0.4) is 0 Å². The number of anilines is 2. The van der Waals surface area contributed by atoms with E-state index in [2.05, 4.69) is 19.2 Å². The lowest BCUT2D eigenvalue weighted by Crippen LogP contribution is -2.20. The predicted molar refractivity (Wildman–Crippen MR) is 79.4 cm³/mol. The van der Waals surface area contributed by atoms with Gasteiger partial charge in [0.15, 0.2) is 0 Å². The maximum Gasteiger partial charge on any atom is 0.340 e. The molecule has 0 aliphatic heterocycles. The van der Waals surface area contributed by atoms with E-state index in [-0.39, 0.29) is 5.97 Å². The molecule has 0 saturated carbocycles. The van der Waals surface area contributed by atoms with Crippen LogP contribution >= 0.6 is 0 Å². The van der Waals surface area contributed by atoms with Crippen LogP contribution in [0.4, 0.5) is 11.4 Å². The number of esters is 1. The Bertz CT molecular complexity index is 419. The van der Waals surface area contributed by atoms with E-state index in [9.17, 15) is 4.79 Å². The van der Waals surface area contributed by atoms with E-state index in [0.717, 1.165) is 24.9 Å². The number of nitrogens with two attached hydrogens (primary N) is 1. The molecule has 0 aromatic heterocycles. The lowest BCUT2D eigenvalue weighted by molar-refractivity contribution is 0.0527. The Hall–Kier alpha value is -1.71. The second-order valence-corrected chi connectivity index (χ2v) is 4.56. The van der Waals surface area contributed by atoms with Gasteiger partial charge >= 0.3 is 5.97 Å². The number of carbonyl (C=O) groups excluding carboxylic acids is 1. The molecule has 0 saturated heterocycles. The number of benzene rings is 1. The van der Waals surface area contributed by atoms with E-state index >= 15 is 0 Å². The molecule has 0 spiro atoms. The largest absolute Gasteiger partial charge is 0.462 e. The van der Waals surface area contributed by atoms with Crippen LogP contribution in [-0.2, 0) is 4.74 Å². The SMILES string of the molecule is CCCC(CC)Nc1ccc(N)cc1C(=O)OCC. The van der Waals surface area contributed by atoms with Crippen molar-refractivity contribution >= 4 is 17.3 Å². The summed E-state index contributed by atoms with van der Waals surface area (Å²) >= 11 is 0. The average molecular weight is 264 g/mol. The molecule has 4 heteroatoms. The van der Waals surface area contributed by atoms with Crippen molar-refractivity contribution in [3.8, 4) is 0 Å². The van der Waals surface area contributed by atoms with Crippen LogP contribution in [0.5, 0.6) is 0 Å². The molecule has 0 heterocycles. The maximum absolute atomic E-state index is 11.9. The highest BCUT2D eigenvalue weighted by molar-refractivity contribution is 5.96. The van der Waals surface area contributed by atoms with Crippen LogP contribution in [0, 0.1) is 0 Å². The molecule has 106 valence electrons. The van der Waals surface area contributed by atoms with Gasteiger partial charge in [0.05, 0.1) is 12.2 Å². The highest BCUT2D eigenvalue weighted by atomic mass is 16.5. The number of hydrogen-bond donors (Lipinski definition) is 2. The number of carbonyl (C=O) groups is 1. The summed E-state index contributed by atoms with van der Waals surface area (Å²) in [6, 6.07) is 5.67. The van der Waals surface area contributed by atoms with Crippen molar-refractivity contribution in [3.05, 3.63) is 23.8 Å². The van der Waals surface area contributed by atoms with Crippen molar-refractivity contribution in [1.82, 2.24) is 0 Å². The standard InChI is InChI=1S/C15H24N2O2/c1-4-7-12(5-2)17-14-9-8-11(16)10-13(14)15(18)19-6-3/h8-10,12,17H,4-7,16H2,1-3H3. The monoisotopic (exact) mass is 264 g/mol. The van der Waals surface area contributed by atoms with Crippen molar-refractivity contribution in [3.63, 3.8) is 0 Å². The smallest absolute Gasteiger partial charge is 0.340 e. The second kappa shape index (κ2) is 7.67. The Morgan fingerprint density at radius 1 is 1.37 bits per heavy atom. The van der Waals surface area contributed by atoms with Gasteiger partial charge in [-0.3, -0.25) is 0 Å². The molecule has 0 bridgehead atoms. The van der Waals surface area contributed by atoms with Crippen LogP contribution < -0.4 is 11.1 Å². The molecule has 0 radical (unpaired) electrons. The summed E-state index contributed by atoms with van der Waals surface area (Å²) in [5, 5.41) is 3.41. The first-order valence-corrected chi connectivity index (χ1v) is 6.95. The molecule has 0 aliphatic carbocycles. The molecule has 1 atom stereocenters. The highest BCUT2D eigenvalue weighted by Gasteiger charge is 2.15. The van der Waals surface area contributed by atoms with E-state index in [1.165, 1.54) is 0 Å². The van der Waals surface area contributed by atoms with E-state index in [1.807, 2.05) is 6.07 Å². The third kappa shape index (κ3) is 4.47. The average Bonchev–Trinajstić information content (AvgIpc) is 2.40. The van der Waals surface area contributed by atoms with Crippen molar-refractivity contribution in [2.24, 2.45) is 0 Å². The minimum absolute atomic E-state index is 0.330. The first kappa shape index (κ1) is 15.3. The Labute approximate surface area is 115 Å². The van der Waals surface area contributed by atoms with Crippen LogP contribution in [0.25, 0.3) is 0 Å². The summed E-state index contributed by atoms with van der Waals surface area (Å²) in [6.07, 6.45) is 3.19. The zero-order valence-electron chi connectivity index (χ0n) is 12.0. The number of hydrogen-bond acceptors (Lipinski definition) is 4. The maximum atomic E-state index is 11.9. The molecular formula is C15H24N2O2. The van der Waals surface area contributed by atoms with Gasteiger partial charge in [-0.1, -0.05) is 20.3 Å². The molecule has 1 unspecified atom stereocenters. The van der Waals surface area contributed by atoms with Gasteiger partial charge in [0.2, 0.25) is 0 Å². The molecule has 1 rings (SSSR count). The number of rotatable bonds is 7. The lowest BCUT2D eigenvalue weighted by atomic mass is 10.1. The molecule has 0 amide bonds. The molecule has 1 aromatic rings. The van der Waals surface area contributed by atoms with E-state index < -0.39 is 0 Å². The zero-order valence-corrected chi connectivity index (χ0v) is 12.0. The fraction of sp³-hybridized carbons (Fsp3) is 0.533. The van der Waals surface area contributed by atoms with Crippen molar-refractivity contribution < 1.29 is 9.53 Å². The fourth-order valence-electron chi connectivity index (χ4n) is 2.01. The van der Waals surface area contributed by atoms with Crippen LogP contribution in [0.1, 0.15) is 50.4 Å². The zero-order chi connectivity index (χ0) is 14.3. The van der Waals surface area contributed by atoms with Gasteiger partial charge in [0, 0.05) is 17.4 Å². The van der Waals surface area contributed by atoms with Gasteiger partial charge in [0.25, 0.3) is 0 Å². The molecule has 3 N–H and O–H groups in total. The Balaban J connectivity index is 2.95. The van der Waals surface area contributed by atoms with Gasteiger partial charge in [-0.25, -0.2) is 4.79 Å². The fourth-order valence-corrected chi connectivity index (χ4v) is 2.01. The summed E-state index contributed by atoms with van der Waals surface area (Å²) in [6.45, 7) is 6.44. The molecule has 0 fully saturated rings. The molecule has 4 nitrogen and oxygen atoms in total. The molecule has 1 aromatic carbocycles. The summed E-state index contributed by atoms with van der Waals surface area (Å²) in [5.74, 6) is -0.330. The summed E-state index contributed by atoms with van der Waals surface area (Å²) in [4.78, 5) is 11.9. The first-order valence-electron chi connectivity index (χ1n) is 6.95. The van der Waals surface area contributed by atoms with E-state index in [4.69, 9.17) is 10.5 Å². The van der Waals surface area contributed by atoms with Crippen molar-refractivity contribution in [2.45, 2.75) is 46.1 Å². The number of nitrogens with one attached hydrogen (secondary N) is 1. The molecular weight excluding hydrogens is 240 g/mol. The van der Waals surface area contributed by atoms with Gasteiger partial charge in [-0.15, -0.1) is 0 Å².